The Morgan fingerprint density at radius 3 is 2.52 bits per heavy atom. The molecule has 0 radical (unpaired) electrons. The molecule has 1 N–H and O–H groups in total. The lowest BCUT2D eigenvalue weighted by Crippen LogP contribution is -2.36. The summed E-state index contributed by atoms with van der Waals surface area (Å²) in [6.45, 7) is 1.31. The van der Waals surface area contributed by atoms with Gasteiger partial charge < -0.3 is 4.57 Å². The van der Waals surface area contributed by atoms with Crippen LogP contribution in [-0.2, 0) is 35.5 Å². The Bertz CT molecular complexity index is 1280. The van der Waals surface area contributed by atoms with Crippen LogP contribution in [-0.4, -0.2) is 40.7 Å². The molecule has 0 atom stereocenters. The monoisotopic (exact) mass is 452 g/mol. The molecule has 3 aromatic rings. The topological polar surface area (TPSA) is 88.1 Å². The van der Waals surface area contributed by atoms with E-state index in [-0.39, 0.29) is 5.16 Å². The first-order chi connectivity index (χ1) is 14.5. The zero-order valence-corrected chi connectivity index (χ0v) is 17.3. The Hall–Kier alpha value is -2.92. The highest BCUT2D eigenvalue weighted by molar-refractivity contribution is 7.90. The summed E-state index contributed by atoms with van der Waals surface area (Å²) >= 11 is 0. The van der Waals surface area contributed by atoms with E-state index in [4.69, 9.17) is 0 Å². The number of hydrogen-bond donors (Lipinski definition) is 1. The van der Waals surface area contributed by atoms with E-state index in [0.29, 0.717) is 43.0 Å². The number of hydrogen-bond acceptors (Lipinski definition) is 5. The summed E-state index contributed by atoms with van der Waals surface area (Å²) in [7, 11) is -3.62. The molecule has 1 aliphatic rings. The van der Waals surface area contributed by atoms with Gasteiger partial charge in [0.1, 0.15) is 0 Å². The normalized spacial score (nSPS) is 15.1. The van der Waals surface area contributed by atoms with E-state index in [1.807, 2.05) is 11.0 Å². The molecule has 1 aliphatic heterocycles. The fraction of sp³-hybridized carbons (Fsp3) is 0.300. The molecule has 0 saturated heterocycles. The first-order valence-electron chi connectivity index (χ1n) is 9.41. The molecule has 4 rings (SSSR count). The average molecular weight is 452 g/mol. The molecule has 0 amide bonds. The van der Waals surface area contributed by atoms with Crippen molar-refractivity contribution in [2.45, 2.75) is 30.8 Å². The van der Waals surface area contributed by atoms with Gasteiger partial charge in [0.15, 0.2) is 0 Å². The molecule has 2 aromatic heterocycles. The number of benzene rings is 1. The Kier molecular flexibility index (Phi) is 5.26. The number of aromatic amines is 1. The number of nitrogens with zero attached hydrogens (tertiary/aromatic N) is 3. The predicted molar refractivity (Wildman–Crippen MR) is 107 cm³/mol. The van der Waals surface area contributed by atoms with Crippen molar-refractivity contribution in [2.75, 3.05) is 12.8 Å². The summed E-state index contributed by atoms with van der Waals surface area (Å²) in [4.78, 5) is 20.8. The van der Waals surface area contributed by atoms with Crippen molar-refractivity contribution in [3.8, 4) is 5.69 Å². The smallest absolute Gasteiger partial charge is 0.320 e. The molecule has 0 aliphatic carbocycles. The zero-order chi connectivity index (χ0) is 22.4. The van der Waals surface area contributed by atoms with Gasteiger partial charge in [0.05, 0.1) is 16.8 Å². The standard InChI is InChI=1S/C20H19F3N4O3S/c1-31(29,30)19-24-17-8-10-26(12-16(17)18(28)25-19)11-15-3-2-9-27(15)14-6-4-13(5-7-14)20(21,22)23/h2-7,9H,8,10-12H2,1H3,(H,24,25,28). The van der Waals surface area contributed by atoms with E-state index in [0.717, 1.165) is 24.1 Å². The molecule has 0 saturated carbocycles. The third-order valence-corrected chi connectivity index (χ3v) is 6.06. The Morgan fingerprint density at radius 2 is 1.87 bits per heavy atom. The van der Waals surface area contributed by atoms with E-state index in [2.05, 4.69) is 9.97 Å². The number of sulfone groups is 1. The maximum Gasteiger partial charge on any atom is 0.416 e. The highest BCUT2D eigenvalue weighted by atomic mass is 32.2. The fourth-order valence-corrected chi connectivity index (χ4v) is 4.16. The fourth-order valence-electron chi connectivity index (χ4n) is 3.61. The highest BCUT2D eigenvalue weighted by Gasteiger charge is 2.30. The van der Waals surface area contributed by atoms with Crippen LogP contribution >= 0.6 is 0 Å². The van der Waals surface area contributed by atoms with Gasteiger partial charge in [0.25, 0.3) is 5.56 Å². The van der Waals surface area contributed by atoms with Gasteiger partial charge in [0.2, 0.25) is 15.0 Å². The van der Waals surface area contributed by atoms with E-state index >= 15 is 0 Å². The third kappa shape index (κ3) is 4.42. The summed E-state index contributed by atoms with van der Waals surface area (Å²) in [6.07, 6.45) is -1.22. The van der Waals surface area contributed by atoms with Gasteiger partial charge in [-0.3, -0.25) is 14.7 Å². The van der Waals surface area contributed by atoms with Crippen molar-refractivity contribution in [3.05, 3.63) is 75.5 Å². The first kappa shape index (κ1) is 21.3. The molecule has 1 aromatic carbocycles. The van der Waals surface area contributed by atoms with Gasteiger partial charge in [0, 0.05) is 49.9 Å². The molecular weight excluding hydrogens is 433 g/mol. The van der Waals surface area contributed by atoms with Gasteiger partial charge in [-0.1, -0.05) is 0 Å². The summed E-state index contributed by atoms with van der Waals surface area (Å²) in [6, 6.07) is 8.58. The number of aromatic nitrogens is 3. The van der Waals surface area contributed by atoms with Crippen LogP contribution in [0.2, 0.25) is 0 Å². The molecule has 164 valence electrons. The van der Waals surface area contributed by atoms with Crippen LogP contribution in [0.3, 0.4) is 0 Å². The second-order valence-electron chi connectivity index (χ2n) is 7.44. The van der Waals surface area contributed by atoms with Gasteiger partial charge in [-0.15, -0.1) is 0 Å². The van der Waals surface area contributed by atoms with Gasteiger partial charge in [-0.05, 0) is 36.4 Å². The van der Waals surface area contributed by atoms with Crippen LogP contribution in [0.1, 0.15) is 22.5 Å². The van der Waals surface area contributed by atoms with E-state index in [1.165, 1.54) is 12.1 Å². The SMILES string of the molecule is CS(=O)(=O)c1nc2c(c(=O)[nH]1)CN(Cc1cccn1-c1ccc(C(F)(F)F)cc1)CC2. The van der Waals surface area contributed by atoms with Crippen molar-refractivity contribution in [3.63, 3.8) is 0 Å². The van der Waals surface area contributed by atoms with Crippen LogP contribution in [0, 0.1) is 0 Å². The number of H-pyrrole nitrogens is 1. The largest absolute Gasteiger partial charge is 0.416 e. The third-order valence-electron chi connectivity index (χ3n) is 5.17. The van der Waals surface area contributed by atoms with Crippen LogP contribution in [0.25, 0.3) is 5.69 Å². The lowest BCUT2D eigenvalue weighted by molar-refractivity contribution is -0.137. The highest BCUT2D eigenvalue weighted by Crippen LogP contribution is 2.30. The van der Waals surface area contributed by atoms with Crippen LogP contribution < -0.4 is 5.56 Å². The van der Waals surface area contributed by atoms with E-state index in [9.17, 15) is 26.4 Å². The lowest BCUT2D eigenvalue weighted by Gasteiger charge is -2.28. The summed E-state index contributed by atoms with van der Waals surface area (Å²) in [5, 5.41) is -0.333. The van der Waals surface area contributed by atoms with Crippen molar-refractivity contribution >= 4 is 9.84 Å². The molecule has 7 nitrogen and oxygen atoms in total. The van der Waals surface area contributed by atoms with Crippen molar-refractivity contribution in [1.29, 1.82) is 0 Å². The molecule has 0 unspecified atom stereocenters. The number of alkyl halides is 3. The second kappa shape index (κ2) is 7.65. The van der Waals surface area contributed by atoms with Crippen molar-refractivity contribution in [2.24, 2.45) is 0 Å². The van der Waals surface area contributed by atoms with Crippen molar-refractivity contribution < 1.29 is 21.6 Å². The zero-order valence-electron chi connectivity index (χ0n) is 16.5. The second-order valence-corrected chi connectivity index (χ2v) is 9.37. The molecule has 3 heterocycles. The number of nitrogens with one attached hydrogen (secondary N) is 1. The van der Waals surface area contributed by atoms with Crippen molar-refractivity contribution in [1.82, 2.24) is 19.4 Å². The van der Waals surface area contributed by atoms with E-state index < -0.39 is 27.1 Å². The van der Waals surface area contributed by atoms with Gasteiger partial charge in [-0.2, -0.15) is 13.2 Å². The molecule has 0 bridgehead atoms. The summed E-state index contributed by atoms with van der Waals surface area (Å²) < 4.78 is 63.6. The molecule has 0 spiro atoms. The quantitative estimate of drug-likeness (QED) is 0.615. The first-order valence-corrected chi connectivity index (χ1v) is 11.3. The van der Waals surface area contributed by atoms with Gasteiger partial charge in [-0.25, -0.2) is 13.4 Å². The summed E-state index contributed by atoms with van der Waals surface area (Å²) in [5.41, 5.74) is 1.15. The minimum absolute atomic E-state index is 0.292. The van der Waals surface area contributed by atoms with Crippen LogP contribution in [0.4, 0.5) is 13.2 Å². The predicted octanol–water partition coefficient (Wildman–Crippen LogP) is 2.54. The minimum Gasteiger partial charge on any atom is -0.320 e. The maximum atomic E-state index is 12.8. The Balaban J connectivity index is 1.55. The Morgan fingerprint density at radius 1 is 1.16 bits per heavy atom. The van der Waals surface area contributed by atoms with Crippen LogP contribution in [0.5, 0.6) is 0 Å². The molecular formula is C20H19F3N4O3S. The maximum absolute atomic E-state index is 12.8. The van der Waals surface area contributed by atoms with Gasteiger partial charge >= 0.3 is 6.18 Å². The number of halogens is 3. The lowest BCUT2D eigenvalue weighted by atomic mass is 10.1. The molecule has 11 heteroatoms. The molecule has 0 fully saturated rings. The number of rotatable bonds is 4. The van der Waals surface area contributed by atoms with E-state index in [1.54, 1.807) is 16.8 Å². The average Bonchev–Trinajstić information content (AvgIpc) is 3.15. The number of fused-ring (bicyclic) bond motifs is 1. The van der Waals surface area contributed by atoms with Crippen LogP contribution in [0.15, 0.2) is 52.5 Å². The minimum atomic E-state index is -4.39. The summed E-state index contributed by atoms with van der Waals surface area (Å²) in [5.74, 6) is 0. The molecule has 31 heavy (non-hydrogen) atoms. The Labute approximate surface area is 176 Å².